The second-order valence-electron chi connectivity index (χ2n) is 6.72. The van der Waals surface area contributed by atoms with Crippen molar-refractivity contribution < 1.29 is 9.53 Å². The van der Waals surface area contributed by atoms with E-state index in [1.807, 2.05) is 30.5 Å². The fourth-order valence-corrected chi connectivity index (χ4v) is 3.12. The zero-order chi connectivity index (χ0) is 17.8. The van der Waals surface area contributed by atoms with Crippen molar-refractivity contribution in [3.05, 3.63) is 59.9 Å². The molecule has 1 fully saturated rings. The van der Waals surface area contributed by atoms with Crippen LogP contribution in [0.15, 0.2) is 48.7 Å². The van der Waals surface area contributed by atoms with Crippen molar-refractivity contribution in [3.63, 3.8) is 0 Å². The van der Waals surface area contributed by atoms with Gasteiger partial charge in [-0.25, -0.2) is 4.79 Å². The lowest BCUT2D eigenvalue weighted by Gasteiger charge is -2.26. The van der Waals surface area contributed by atoms with Gasteiger partial charge in [-0.3, -0.25) is 9.88 Å². The predicted octanol–water partition coefficient (Wildman–Crippen LogP) is 4.09. The quantitative estimate of drug-likeness (QED) is 0.861. The van der Waals surface area contributed by atoms with Crippen molar-refractivity contribution in [1.82, 2.24) is 10.3 Å². The topological polar surface area (TPSA) is 54.5 Å². The first-order valence-electron chi connectivity index (χ1n) is 8.77. The van der Waals surface area contributed by atoms with Gasteiger partial charge in [0.15, 0.2) is 0 Å². The summed E-state index contributed by atoms with van der Waals surface area (Å²) in [7, 11) is 0. The predicted molar refractivity (Wildman–Crippen MR) is 98.5 cm³/mol. The molecule has 1 aliphatic rings. The van der Waals surface area contributed by atoms with Crippen molar-refractivity contribution in [1.29, 1.82) is 0 Å². The van der Waals surface area contributed by atoms with Crippen LogP contribution in [0, 0.1) is 5.92 Å². The first kappa shape index (κ1) is 17.4. The summed E-state index contributed by atoms with van der Waals surface area (Å²) >= 11 is 0. The second-order valence-corrected chi connectivity index (χ2v) is 6.72. The Labute approximate surface area is 149 Å². The van der Waals surface area contributed by atoms with Crippen molar-refractivity contribution >= 4 is 11.8 Å². The van der Waals surface area contributed by atoms with Crippen LogP contribution in [-0.4, -0.2) is 24.2 Å². The fourth-order valence-electron chi connectivity index (χ4n) is 3.12. The molecule has 2 heterocycles. The van der Waals surface area contributed by atoms with Crippen molar-refractivity contribution in [2.24, 2.45) is 5.92 Å². The average Bonchev–Trinajstić information content (AvgIpc) is 3.06. The molecule has 0 aliphatic carbocycles. The molecule has 25 heavy (non-hydrogen) atoms. The minimum Gasteiger partial charge on any atom is -0.447 e. The lowest BCUT2D eigenvalue weighted by molar-refractivity contribution is 0.181. The Morgan fingerprint density at radius 3 is 2.44 bits per heavy atom. The third-order valence-electron chi connectivity index (χ3n) is 4.57. The summed E-state index contributed by atoms with van der Waals surface area (Å²) in [5.41, 5.74) is 3.11. The maximum atomic E-state index is 11.7. The Morgan fingerprint density at radius 2 is 1.88 bits per heavy atom. The maximum Gasteiger partial charge on any atom is 0.414 e. The van der Waals surface area contributed by atoms with Gasteiger partial charge in [-0.2, -0.15) is 0 Å². The second kappa shape index (κ2) is 7.66. The van der Waals surface area contributed by atoms with Gasteiger partial charge >= 0.3 is 6.09 Å². The number of hydrogen-bond acceptors (Lipinski definition) is 4. The molecule has 3 rings (SSSR count). The Balaban J connectivity index is 1.71. The Bertz CT molecular complexity index is 701. The number of nitrogens with zero attached hydrogens (tertiary/aromatic N) is 2. The molecule has 5 nitrogen and oxygen atoms in total. The molecule has 2 aromatic rings. The molecule has 1 aromatic heterocycles. The van der Waals surface area contributed by atoms with E-state index in [0.29, 0.717) is 19.1 Å². The summed E-state index contributed by atoms with van der Waals surface area (Å²) in [5, 5.41) is 3.68. The molecule has 0 bridgehead atoms. The number of nitrogens with one attached hydrogen (secondary N) is 1. The molecular weight excluding hydrogens is 314 g/mol. The lowest BCUT2D eigenvalue weighted by atomic mass is 9.97. The molecule has 1 saturated heterocycles. The van der Waals surface area contributed by atoms with Crippen LogP contribution in [0.4, 0.5) is 10.5 Å². The zero-order valence-corrected chi connectivity index (χ0v) is 15.0. The number of anilines is 1. The molecule has 0 radical (unpaired) electrons. The van der Waals surface area contributed by atoms with Crippen LogP contribution >= 0.6 is 0 Å². The number of cyclic esters (lactones) is 1. The third kappa shape index (κ3) is 3.99. The standard InChI is InChI=1S/C20H25N3O2/c1-14(2)19(18-6-4-5-11-21-18)22-15(3)16-7-9-17(10-8-16)23-12-13-25-20(23)24/h4-11,14-15,19,22H,12-13H2,1-3H3/t15-,19-/m1/s1. The summed E-state index contributed by atoms with van der Waals surface area (Å²) in [6.45, 7) is 7.61. The molecule has 0 saturated carbocycles. The van der Waals surface area contributed by atoms with E-state index in [4.69, 9.17) is 4.74 Å². The van der Waals surface area contributed by atoms with Crippen molar-refractivity contribution in [2.45, 2.75) is 32.9 Å². The summed E-state index contributed by atoms with van der Waals surface area (Å²) < 4.78 is 4.99. The Morgan fingerprint density at radius 1 is 1.12 bits per heavy atom. The first-order chi connectivity index (χ1) is 12.1. The molecule has 0 spiro atoms. The largest absolute Gasteiger partial charge is 0.447 e. The molecule has 1 aliphatic heterocycles. The number of pyridine rings is 1. The smallest absolute Gasteiger partial charge is 0.414 e. The van der Waals surface area contributed by atoms with Gasteiger partial charge in [0.25, 0.3) is 0 Å². The van der Waals surface area contributed by atoms with Gasteiger partial charge in [-0.1, -0.05) is 32.0 Å². The van der Waals surface area contributed by atoms with Crippen LogP contribution in [0.2, 0.25) is 0 Å². The minimum atomic E-state index is -0.269. The summed E-state index contributed by atoms with van der Waals surface area (Å²) in [6.07, 6.45) is 1.56. The van der Waals surface area contributed by atoms with Gasteiger partial charge in [0.2, 0.25) is 0 Å². The number of amides is 1. The van der Waals surface area contributed by atoms with E-state index < -0.39 is 0 Å². The van der Waals surface area contributed by atoms with Crippen molar-refractivity contribution in [2.75, 3.05) is 18.1 Å². The molecule has 132 valence electrons. The highest BCUT2D eigenvalue weighted by Crippen LogP contribution is 2.26. The van der Waals surface area contributed by atoms with Gasteiger partial charge in [0.05, 0.1) is 18.3 Å². The number of carbonyl (C=O) groups is 1. The molecular formula is C20H25N3O2. The van der Waals surface area contributed by atoms with Crippen LogP contribution in [0.5, 0.6) is 0 Å². The molecule has 1 aromatic carbocycles. The highest BCUT2D eigenvalue weighted by Gasteiger charge is 2.24. The highest BCUT2D eigenvalue weighted by molar-refractivity contribution is 5.89. The molecule has 2 atom stereocenters. The van der Waals surface area contributed by atoms with Gasteiger partial charge in [0.1, 0.15) is 6.61 Å². The number of carbonyl (C=O) groups excluding carboxylic acids is 1. The van der Waals surface area contributed by atoms with E-state index in [0.717, 1.165) is 11.4 Å². The summed E-state index contributed by atoms with van der Waals surface area (Å²) in [6, 6.07) is 14.5. The van der Waals surface area contributed by atoms with Crippen LogP contribution in [0.25, 0.3) is 0 Å². The third-order valence-corrected chi connectivity index (χ3v) is 4.57. The van der Waals surface area contributed by atoms with E-state index in [9.17, 15) is 4.79 Å². The molecule has 1 amide bonds. The zero-order valence-electron chi connectivity index (χ0n) is 15.0. The average molecular weight is 339 g/mol. The van der Waals surface area contributed by atoms with Crippen LogP contribution < -0.4 is 10.2 Å². The van der Waals surface area contributed by atoms with Gasteiger partial charge < -0.3 is 10.1 Å². The number of benzene rings is 1. The van der Waals surface area contributed by atoms with Crippen LogP contribution in [0.1, 0.15) is 44.1 Å². The van der Waals surface area contributed by atoms with Crippen molar-refractivity contribution in [3.8, 4) is 0 Å². The first-order valence-corrected chi connectivity index (χ1v) is 8.77. The van der Waals surface area contributed by atoms with Crippen LogP contribution in [0.3, 0.4) is 0 Å². The number of rotatable bonds is 6. The van der Waals surface area contributed by atoms with E-state index in [1.54, 1.807) is 4.90 Å². The number of aromatic nitrogens is 1. The molecule has 1 N–H and O–H groups in total. The summed E-state index contributed by atoms with van der Waals surface area (Å²) in [5.74, 6) is 0.427. The van der Waals surface area contributed by atoms with E-state index >= 15 is 0 Å². The van der Waals surface area contributed by atoms with Crippen LogP contribution in [-0.2, 0) is 4.74 Å². The van der Waals surface area contributed by atoms with Gasteiger partial charge in [-0.05, 0) is 42.7 Å². The minimum absolute atomic E-state index is 0.175. The normalized spacial score (nSPS) is 16.8. The number of hydrogen-bond donors (Lipinski definition) is 1. The fraction of sp³-hybridized carbons (Fsp3) is 0.400. The Kier molecular flexibility index (Phi) is 5.34. The molecule has 5 heteroatoms. The Hall–Kier alpha value is -2.40. The van der Waals surface area contributed by atoms with Gasteiger partial charge in [0, 0.05) is 17.9 Å². The molecule has 0 unspecified atom stereocenters. The maximum absolute atomic E-state index is 11.7. The van der Waals surface area contributed by atoms with E-state index in [1.165, 1.54) is 5.56 Å². The summed E-state index contributed by atoms with van der Waals surface area (Å²) in [4.78, 5) is 17.8. The lowest BCUT2D eigenvalue weighted by Crippen LogP contribution is -2.29. The van der Waals surface area contributed by atoms with Gasteiger partial charge in [-0.15, -0.1) is 0 Å². The monoisotopic (exact) mass is 339 g/mol. The highest BCUT2D eigenvalue weighted by atomic mass is 16.6. The van der Waals surface area contributed by atoms with E-state index in [2.05, 4.69) is 49.3 Å². The number of ether oxygens (including phenoxy) is 1. The SMILES string of the molecule is CC(C)[C@@H](N[C@H](C)c1ccc(N2CCOC2=O)cc1)c1ccccn1. The van der Waals surface area contributed by atoms with E-state index in [-0.39, 0.29) is 18.2 Å².